The Labute approximate surface area is 164 Å². The smallest absolute Gasteiger partial charge is 0.335 e. The van der Waals surface area contributed by atoms with Crippen LogP contribution in [0.15, 0.2) is 48.8 Å². The largest absolute Gasteiger partial charge is 0.478 e. The second kappa shape index (κ2) is 7.73. The lowest BCUT2D eigenvalue weighted by molar-refractivity contribution is -0.0305. The highest BCUT2D eigenvalue weighted by Gasteiger charge is 2.23. The van der Waals surface area contributed by atoms with Crippen LogP contribution in [0.4, 0.5) is 0 Å². The number of hydrogen-bond acceptors (Lipinski definition) is 4. The van der Waals surface area contributed by atoms with E-state index in [1.54, 1.807) is 25.6 Å². The third-order valence-corrected chi connectivity index (χ3v) is 5.80. The first-order valence-electron chi connectivity index (χ1n) is 9.64. The van der Waals surface area contributed by atoms with Crippen molar-refractivity contribution in [3.8, 4) is 5.69 Å². The molecule has 1 aliphatic rings. The maximum atomic E-state index is 11.2. The fraction of sp³-hybridized carbons (Fsp3) is 0.364. The molecule has 2 aromatic carbocycles. The van der Waals surface area contributed by atoms with Crippen LogP contribution < -0.4 is 0 Å². The van der Waals surface area contributed by atoms with Gasteiger partial charge in [-0.1, -0.05) is 12.1 Å². The van der Waals surface area contributed by atoms with Crippen LogP contribution in [0.2, 0.25) is 0 Å². The second-order valence-electron chi connectivity index (χ2n) is 7.36. The van der Waals surface area contributed by atoms with E-state index in [1.165, 1.54) is 5.56 Å². The molecular formula is C22H25N3O3. The predicted octanol–water partition coefficient (Wildman–Crippen LogP) is 3.90. The van der Waals surface area contributed by atoms with Crippen LogP contribution in [-0.2, 0) is 4.74 Å². The van der Waals surface area contributed by atoms with Gasteiger partial charge in [-0.15, -0.1) is 0 Å². The van der Waals surface area contributed by atoms with E-state index in [0.29, 0.717) is 11.4 Å². The average Bonchev–Trinajstić information content (AvgIpc) is 3.16. The van der Waals surface area contributed by atoms with Gasteiger partial charge >= 0.3 is 5.97 Å². The number of likely N-dealkylation sites (tertiary alicyclic amines) is 1. The molecule has 28 heavy (non-hydrogen) atoms. The highest BCUT2D eigenvalue weighted by atomic mass is 16.5. The molecule has 0 bridgehead atoms. The molecule has 6 heteroatoms. The zero-order valence-electron chi connectivity index (χ0n) is 16.2. The highest BCUT2D eigenvalue weighted by molar-refractivity contribution is 5.92. The lowest BCUT2D eigenvalue weighted by atomic mass is 9.89. The Kier molecular flexibility index (Phi) is 5.15. The van der Waals surface area contributed by atoms with Crippen LogP contribution in [0.1, 0.15) is 41.6 Å². The van der Waals surface area contributed by atoms with Crippen molar-refractivity contribution in [2.24, 2.45) is 0 Å². The number of rotatable bonds is 5. The van der Waals surface area contributed by atoms with Gasteiger partial charge in [-0.2, -0.15) is 0 Å². The van der Waals surface area contributed by atoms with Gasteiger partial charge in [-0.25, -0.2) is 9.78 Å². The quantitative estimate of drug-likeness (QED) is 0.728. The van der Waals surface area contributed by atoms with Gasteiger partial charge in [0.15, 0.2) is 0 Å². The van der Waals surface area contributed by atoms with Crippen molar-refractivity contribution >= 4 is 17.0 Å². The maximum absolute atomic E-state index is 11.2. The van der Waals surface area contributed by atoms with Crippen molar-refractivity contribution in [2.75, 3.05) is 20.2 Å². The molecule has 1 saturated heterocycles. The first-order valence-corrected chi connectivity index (χ1v) is 9.64. The number of carboxylic acid groups (broad SMARTS) is 1. The van der Waals surface area contributed by atoms with Crippen LogP contribution in [0.3, 0.4) is 0 Å². The Morgan fingerprint density at radius 3 is 2.71 bits per heavy atom. The van der Waals surface area contributed by atoms with Gasteiger partial charge in [0.2, 0.25) is 0 Å². The summed E-state index contributed by atoms with van der Waals surface area (Å²) in [6.07, 6.45) is 4.16. The number of piperidine rings is 1. The number of nitrogens with zero attached hydrogens (tertiary/aromatic N) is 3. The zero-order chi connectivity index (χ0) is 19.7. The van der Waals surface area contributed by atoms with Gasteiger partial charge in [0.1, 0.15) is 12.6 Å². The molecule has 1 aliphatic heterocycles. The summed E-state index contributed by atoms with van der Waals surface area (Å²) < 4.78 is 7.46. The topological polar surface area (TPSA) is 67.6 Å². The molecule has 0 saturated carbocycles. The monoisotopic (exact) mass is 379 g/mol. The number of methoxy groups -OCH3 is 1. The standard InChI is InChI=1S/C22H25N3O3/c1-15(28-2)24-10-8-16(9-11-24)17-4-3-5-19(12-17)25-14-23-20-13-18(22(26)27)6-7-21(20)25/h3-7,12-16H,8-11H2,1-2H3,(H,26,27). The van der Waals surface area contributed by atoms with E-state index < -0.39 is 5.97 Å². The normalized spacial score (nSPS) is 17.1. The summed E-state index contributed by atoms with van der Waals surface area (Å²) in [5.41, 5.74) is 4.24. The summed E-state index contributed by atoms with van der Waals surface area (Å²) in [6, 6.07) is 13.6. The van der Waals surface area contributed by atoms with Crippen molar-refractivity contribution in [2.45, 2.75) is 31.9 Å². The molecule has 0 radical (unpaired) electrons. The van der Waals surface area contributed by atoms with Crippen molar-refractivity contribution in [1.82, 2.24) is 14.5 Å². The molecule has 3 aromatic rings. The van der Waals surface area contributed by atoms with Gasteiger partial charge in [0.25, 0.3) is 0 Å². The molecule has 1 N–H and O–H groups in total. The van der Waals surface area contributed by atoms with E-state index >= 15 is 0 Å². The lowest BCUT2D eigenvalue weighted by Crippen LogP contribution is -2.40. The number of carboxylic acids is 1. The van der Waals surface area contributed by atoms with Gasteiger partial charge < -0.3 is 9.84 Å². The summed E-state index contributed by atoms with van der Waals surface area (Å²) in [5, 5.41) is 9.17. The van der Waals surface area contributed by atoms with Gasteiger partial charge in [0, 0.05) is 25.9 Å². The van der Waals surface area contributed by atoms with E-state index in [0.717, 1.165) is 37.1 Å². The van der Waals surface area contributed by atoms with E-state index in [9.17, 15) is 9.90 Å². The number of ether oxygens (including phenoxy) is 1. The van der Waals surface area contributed by atoms with Crippen molar-refractivity contribution < 1.29 is 14.6 Å². The molecule has 0 aliphatic carbocycles. The highest BCUT2D eigenvalue weighted by Crippen LogP contribution is 2.30. The molecule has 2 heterocycles. The van der Waals surface area contributed by atoms with Gasteiger partial charge in [-0.05, 0) is 61.6 Å². The zero-order valence-corrected chi connectivity index (χ0v) is 16.2. The number of aromatic nitrogens is 2. The minimum absolute atomic E-state index is 0.167. The molecule has 4 rings (SSSR count). The Bertz CT molecular complexity index is 990. The van der Waals surface area contributed by atoms with Gasteiger partial charge in [-0.3, -0.25) is 9.47 Å². The molecule has 1 atom stereocenters. The van der Waals surface area contributed by atoms with Gasteiger partial charge in [0.05, 0.1) is 16.6 Å². The Balaban J connectivity index is 1.58. The minimum Gasteiger partial charge on any atom is -0.478 e. The Hall–Kier alpha value is -2.70. The van der Waals surface area contributed by atoms with E-state index in [1.807, 2.05) is 10.6 Å². The van der Waals surface area contributed by atoms with E-state index in [2.05, 4.69) is 41.1 Å². The van der Waals surface area contributed by atoms with E-state index in [4.69, 9.17) is 4.74 Å². The van der Waals surface area contributed by atoms with E-state index in [-0.39, 0.29) is 11.8 Å². The van der Waals surface area contributed by atoms with Crippen LogP contribution in [0.5, 0.6) is 0 Å². The predicted molar refractivity (Wildman–Crippen MR) is 108 cm³/mol. The minimum atomic E-state index is -0.937. The third-order valence-electron chi connectivity index (χ3n) is 5.80. The SMILES string of the molecule is COC(C)N1CCC(c2cccc(-n3cnc4cc(C(=O)O)ccc43)c2)CC1. The second-order valence-corrected chi connectivity index (χ2v) is 7.36. The molecule has 1 unspecified atom stereocenters. The Morgan fingerprint density at radius 2 is 2.00 bits per heavy atom. The molecule has 1 fully saturated rings. The molecule has 0 amide bonds. The first-order chi connectivity index (χ1) is 13.6. The van der Waals surface area contributed by atoms with Crippen LogP contribution in [0.25, 0.3) is 16.7 Å². The number of aromatic carboxylic acids is 1. The van der Waals surface area contributed by atoms with Crippen LogP contribution in [0, 0.1) is 0 Å². The summed E-state index contributed by atoms with van der Waals surface area (Å²) in [5.74, 6) is -0.402. The fourth-order valence-corrected chi connectivity index (χ4v) is 4.03. The number of fused-ring (bicyclic) bond motifs is 1. The number of carbonyl (C=O) groups is 1. The Morgan fingerprint density at radius 1 is 1.21 bits per heavy atom. The number of benzene rings is 2. The van der Waals surface area contributed by atoms with Crippen LogP contribution in [-0.4, -0.2) is 52.0 Å². The number of hydrogen-bond donors (Lipinski definition) is 1. The number of imidazole rings is 1. The summed E-state index contributed by atoms with van der Waals surface area (Å²) in [4.78, 5) is 18.0. The van der Waals surface area contributed by atoms with Crippen molar-refractivity contribution in [3.05, 3.63) is 59.9 Å². The molecule has 6 nitrogen and oxygen atoms in total. The molecular weight excluding hydrogens is 354 g/mol. The third kappa shape index (κ3) is 3.53. The summed E-state index contributed by atoms with van der Waals surface area (Å²) in [7, 11) is 1.76. The van der Waals surface area contributed by atoms with Crippen LogP contribution >= 0.6 is 0 Å². The fourth-order valence-electron chi connectivity index (χ4n) is 4.03. The maximum Gasteiger partial charge on any atom is 0.335 e. The molecule has 146 valence electrons. The van der Waals surface area contributed by atoms with Crippen molar-refractivity contribution in [1.29, 1.82) is 0 Å². The molecule has 0 spiro atoms. The first kappa shape index (κ1) is 18.7. The summed E-state index contributed by atoms with van der Waals surface area (Å²) >= 11 is 0. The molecule has 1 aromatic heterocycles. The summed E-state index contributed by atoms with van der Waals surface area (Å²) in [6.45, 7) is 4.17. The average molecular weight is 379 g/mol. The van der Waals surface area contributed by atoms with Crippen molar-refractivity contribution in [3.63, 3.8) is 0 Å². The lowest BCUT2D eigenvalue weighted by Gasteiger charge is -2.35.